The molecule has 3 aromatic rings. The zero-order valence-corrected chi connectivity index (χ0v) is 18.0. The Balaban J connectivity index is 1.66. The molecule has 5 heteroatoms. The Morgan fingerprint density at radius 2 is 1.93 bits per heavy atom. The third kappa shape index (κ3) is 5.30. The van der Waals surface area contributed by atoms with E-state index < -0.39 is 0 Å². The molecule has 0 radical (unpaired) electrons. The van der Waals surface area contributed by atoms with Gasteiger partial charge < -0.3 is 9.73 Å². The SMILES string of the molecule is CCc1ccc2c(CSCC(=O)Nc3ccccc3[C@@H](C)CC)cc(=O)oc2c1. The first-order valence-electron chi connectivity index (χ1n) is 10.0. The maximum Gasteiger partial charge on any atom is 0.336 e. The fraction of sp³-hybridized carbons (Fsp3) is 0.333. The number of carbonyl (C=O) groups is 1. The summed E-state index contributed by atoms with van der Waals surface area (Å²) in [7, 11) is 0. The number of hydrogen-bond donors (Lipinski definition) is 1. The average Bonchev–Trinajstić information content (AvgIpc) is 2.72. The van der Waals surface area contributed by atoms with Crippen molar-refractivity contribution in [3.63, 3.8) is 0 Å². The van der Waals surface area contributed by atoms with Gasteiger partial charge in [-0.3, -0.25) is 4.79 Å². The van der Waals surface area contributed by atoms with Gasteiger partial charge in [0.1, 0.15) is 5.58 Å². The second-order valence-corrected chi connectivity index (χ2v) is 8.20. The van der Waals surface area contributed by atoms with Crippen LogP contribution in [-0.4, -0.2) is 11.7 Å². The van der Waals surface area contributed by atoms with Crippen LogP contribution in [0.1, 0.15) is 49.8 Å². The van der Waals surface area contributed by atoms with Crippen molar-refractivity contribution in [2.45, 2.75) is 45.3 Å². The summed E-state index contributed by atoms with van der Waals surface area (Å²) >= 11 is 1.49. The van der Waals surface area contributed by atoms with Gasteiger partial charge >= 0.3 is 5.63 Å². The molecule has 0 unspecified atom stereocenters. The maximum atomic E-state index is 12.5. The number of nitrogens with one attached hydrogen (secondary N) is 1. The van der Waals surface area contributed by atoms with Crippen molar-refractivity contribution < 1.29 is 9.21 Å². The molecule has 29 heavy (non-hydrogen) atoms. The Morgan fingerprint density at radius 1 is 1.14 bits per heavy atom. The highest BCUT2D eigenvalue weighted by molar-refractivity contribution is 7.99. The van der Waals surface area contributed by atoms with Crippen LogP contribution < -0.4 is 10.9 Å². The molecule has 1 amide bonds. The Labute approximate surface area is 175 Å². The first-order valence-corrected chi connectivity index (χ1v) is 11.2. The summed E-state index contributed by atoms with van der Waals surface area (Å²) in [5, 5.41) is 3.96. The van der Waals surface area contributed by atoms with Crippen molar-refractivity contribution in [2.75, 3.05) is 11.1 Å². The zero-order valence-electron chi connectivity index (χ0n) is 17.2. The summed E-state index contributed by atoms with van der Waals surface area (Å²) < 4.78 is 5.35. The molecule has 1 aromatic heterocycles. The van der Waals surface area contributed by atoms with Crippen molar-refractivity contribution in [3.8, 4) is 0 Å². The fourth-order valence-corrected chi connectivity index (χ4v) is 4.13. The third-order valence-corrected chi connectivity index (χ3v) is 6.15. The van der Waals surface area contributed by atoms with Crippen LogP contribution in [0.15, 0.2) is 57.7 Å². The highest BCUT2D eigenvalue weighted by atomic mass is 32.2. The minimum atomic E-state index is -0.353. The van der Waals surface area contributed by atoms with E-state index in [1.54, 1.807) is 0 Å². The molecule has 0 bridgehead atoms. The van der Waals surface area contributed by atoms with E-state index in [1.165, 1.54) is 17.8 Å². The lowest BCUT2D eigenvalue weighted by Crippen LogP contribution is -2.16. The van der Waals surface area contributed by atoms with Gasteiger partial charge in [-0.1, -0.05) is 51.1 Å². The van der Waals surface area contributed by atoms with Crippen molar-refractivity contribution in [1.29, 1.82) is 0 Å². The summed E-state index contributed by atoms with van der Waals surface area (Å²) in [4.78, 5) is 24.4. The lowest BCUT2D eigenvalue weighted by molar-refractivity contribution is -0.113. The van der Waals surface area contributed by atoms with Crippen LogP contribution in [0.5, 0.6) is 0 Å². The standard InChI is InChI=1S/C24H27NO3S/c1-4-16(3)19-8-6-7-9-21(19)25-23(26)15-29-14-18-13-24(27)28-22-12-17(5-2)10-11-20(18)22/h6-13,16H,4-5,14-15H2,1-3H3,(H,25,26)/t16-/m0/s1. The number of benzene rings is 2. The highest BCUT2D eigenvalue weighted by Crippen LogP contribution is 2.27. The van der Waals surface area contributed by atoms with E-state index in [1.807, 2.05) is 30.3 Å². The second kappa shape index (κ2) is 9.79. The molecule has 2 aromatic carbocycles. The first kappa shape index (κ1) is 21.2. The average molecular weight is 410 g/mol. The number of fused-ring (bicyclic) bond motifs is 1. The number of carbonyl (C=O) groups excluding carboxylic acids is 1. The Bertz CT molecular complexity index is 1060. The second-order valence-electron chi connectivity index (χ2n) is 7.21. The van der Waals surface area contributed by atoms with Gasteiger partial charge in [0.25, 0.3) is 0 Å². The van der Waals surface area contributed by atoms with Crippen molar-refractivity contribution in [1.82, 2.24) is 0 Å². The quantitative estimate of drug-likeness (QED) is 0.482. The normalized spacial score (nSPS) is 12.1. The van der Waals surface area contributed by atoms with E-state index >= 15 is 0 Å². The molecule has 1 heterocycles. The summed E-state index contributed by atoms with van der Waals surface area (Å²) in [5.41, 5.74) is 4.33. The van der Waals surface area contributed by atoms with Gasteiger partial charge in [-0.2, -0.15) is 0 Å². The maximum absolute atomic E-state index is 12.5. The molecular weight excluding hydrogens is 382 g/mol. The third-order valence-electron chi connectivity index (χ3n) is 5.17. The highest BCUT2D eigenvalue weighted by Gasteiger charge is 2.12. The summed E-state index contributed by atoms with van der Waals surface area (Å²) in [6.07, 6.45) is 1.90. The molecule has 0 aliphatic rings. The molecule has 152 valence electrons. The van der Waals surface area contributed by atoms with E-state index in [-0.39, 0.29) is 11.5 Å². The Hall–Kier alpha value is -2.53. The molecule has 0 aliphatic carbocycles. The van der Waals surface area contributed by atoms with Gasteiger partial charge in [-0.15, -0.1) is 11.8 Å². The van der Waals surface area contributed by atoms with Gasteiger partial charge in [0.2, 0.25) is 5.91 Å². The number of amides is 1. The van der Waals surface area contributed by atoms with Crippen LogP contribution in [0.4, 0.5) is 5.69 Å². The molecule has 4 nitrogen and oxygen atoms in total. The van der Waals surface area contributed by atoms with Crippen LogP contribution in [0.25, 0.3) is 11.0 Å². The molecule has 0 aliphatic heterocycles. The number of para-hydroxylation sites is 1. The van der Waals surface area contributed by atoms with E-state index in [4.69, 9.17) is 4.42 Å². The topological polar surface area (TPSA) is 59.3 Å². The van der Waals surface area contributed by atoms with E-state index in [9.17, 15) is 9.59 Å². The number of thioether (sulfide) groups is 1. The monoisotopic (exact) mass is 409 g/mol. The molecule has 1 N–H and O–H groups in total. The lowest BCUT2D eigenvalue weighted by Gasteiger charge is -2.15. The van der Waals surface area contributed by atoms with Crippen LogP contribution in [0, 0.1) is 0 Å². The van der Waals surface area contributed by atoms with Crippen molar-refractivity contribution in [3.05, 3.63) is 75.6 Å². The Kier molecular flexibility index (Phi) is 7.15. The summed E-state index contributed by atoms with van der Waals surface area (Å²) in [6, 6.07) is 15.4. The summed E-state index contributed by atoms with van der Waals surface area (Å²) in [5.74, 6) is 1.26. The van der Waals surface area contributed by atoms with Gasteiger partial charge in [-0.25, -0.2) is 4.79 Å². The fourth-order valence-electron chi connectivity index (χ4n) is 3.31. The minimum absolute atomic E-state index is 0.0358. The molecule has 0 spiro atoms. The Morgan fingerprint density at radius 3 is 2.69 bits per heavy atom. The first-order chi connectivity index (χ1) is 14.0. The van der Waals surface area contributed by atoms with Crippen LogP contribution >= 0.6 is 11.8 Å². The molecule has 0 saturated carbocycles. The van der Waals surface area contributed by atoms with Crippen LogP contribution in [-0.2, 0) is 17.0 Å². The molecule has 0 saturated heterocycles. The van der Waals surface area contributed by atoms with Crippen molar-refractivity contribution in [2.24, 2.45) is 0 Å². The van der Waals surface area contributed by atoms with Gasteiger partial charge in [-0.05, 0) is 47.6 Å². The zero-order chi connectivity index (χ0) is 20.8. The lowest BCUT2D eigenvalue weighted by atomic mass is 9.97. The number of rotatable bonds is 8. The molecule has 1 atom stereocenters. The largest absolute Gasteiger partial charge is 0.423 e. The van der Waals surface area contributed by atoms with Gasteiger partial charge in [0.15, 0.2) is 0 Å². The van der Waals surface area contributed by atoms with Gasteiger partial charge in [0, 0.05) is 22.9 Å². The van der Waals surface area contributed by atoms with E-state index in [0.29, 0.717) is 23.0 Å². The summed E-state index contributed by atoms with van der Waals surface area (Å²) in [6.45, 7) is 6.37. The number of hydrogen-bond acceptors (Lipinski definition) is 4. The van der Waals surface area contributed by atoms with E-state index in [2.05, 4.69) is 38.2 Å². The minimum Gasteiger partial charge on any atom is -0.423 e. The number of aryl methyl sites for hydroxylation is 1. The van der Waals surface area contributed by atoms with E-state index in [0.717, 1.165) is 40.6 Å². The number of anilines is 1. The molecule has 0 fully saturated rings. The molecule has 3 rings (SSSR count). The molecular formula is C24H27NO3S. The van der Waals surface area contributed by atoms with Crippen LogP contribution in [0.3, 0.4) is 0 Å². The predicted molar refractivity (Wildman–Crippen MR) is 122 cm³/mol. The van der Waals surface area contributed by atoms with Gasteiger partial charge in [0.05, 0.1) is 5.75 Å². The van der Waals surface area contributed by atoms with Crippen LogP contribution in [0.2, 0.25) is 0 Å². The van der Waals surface area contributed by atoms with Crippen molar-refractivity contribution >= 4 is 34.3 Å². The smallest absolute Gasteiger partial charge is 0.336 e. The predicted octanol–water partition coefficient (Wildman–Crippen LogP) is 5.74.